The van der Waals surface area contributed by atoms with Crippen molar-refractivity contribution in [1.29, 1.82) is 0 Å². The van der Waals surface area contributed by atoms with Gasteiger partial charge in [0.25, 0.3) is 5.91 Å². The highest BCUT2D eigenvalue weighted by atomic mass is 16.6. The van der Waals surface area contributed by atoms with Crippen molar-refractivity contribution in [2.75, 3.05) is 25.1 Å². The van der Waals surface area contributed by atoms with Crippen LogP contribution < -0.4 is 14.8 Å². The van der Waals surface area contributed by atoms with Crippen LogP contribution in [0.25, 0.3) is 0 Å². The van der Waals surface area contributed by atoms with E-state index in [1.807, 2.05) is 27.7 Å². The van der Waals surface area contributed by atoms with Crippen LogP contribution in [0.3, 0.4) is 0 Å². The predicted molar refractivity (Wildman–Crippen MR) is 115 cm³/mol. The van der Waals surface area contributed by atoms with E-state index in [9.17, 15) is 9.59 Å². The lowest BCUT2D eigenvalue weighted by atomic mass is 10.1. The Bertz CT molecular complexity index is 931. The Labute approximate surface area is 182 Å². The van der Waals surface area contributed by atoms with Gasteiger partial charge in [-0.3, -0.25) is 9.48 Å². The van der Waals surface area contributed by atoms with E-state index in [0.29, 0.717) is 37.7 Å². The number of nitrogens with zero attached hydrogens (tertiary/aromatic N) is 3. The molecular formula is C22H30N4O5. The summed E-state index contributed by atoms with van der Waals surface area (Å²) < 4.78 is 18.1. The number of benzene rings is 1. The summed E-state index contributed by atoms with van der Waals surface area (Å²) in [4.78, 5) is 26.6. The van der Waals surface area contributed by atoms with E-state index in [1.165, 1.54) is 0 Å². The van der Waals surface area contributed by atoms with Crippen molar-refractivity contribution in [3.63, 3.8) is 0 Å². The molecule has 2 aromatic rings. The second-order valence-corrected chi connectivity index (χ2v) is 8.29. The van der Waals surface area contributed by atoms with Crippen molar-refractivity contribution in [3.8, 4) is 11.5 Å². The van der Waals surface area contributed by atoms with Crippen molar-refractivity contribution in [3.05, 3.63) is 35.5 Å². The van der Waals surface area contributed by atoms with Crippen LogP contribution in [-0.2, 0) is 29.5 Å². The highest BCUT2D eigenvalue weighted by molar-refractivity contribution is 5.92. The zero-order valence-corrected chi connectivity index (χ0v) is 18.7. The molecule has 3 rings (SSSR count). The molecule has 2 amide bonds. The predicted octanol–water partition coefficient (Wildman–Crippen LogP) is 3.13. The fourth-order valence-corrected chi connectivity index (χ4v) is 3.26. The number of aromatic nitrogens is 2. The van der Waals surface area contributed by atoms with Gasteiger partial charge in [0.15, 0.2) is 6.61 Å². The van der Waals surface area contributed by atoms with Gasteiger partial charge in [-0.05, 0) is 52.0 Å². The monoisotopic (exact) mass is 430 g/mol. The number of ether oxygens (including phenoxy) is 3. The van der Waals surface area contributed by atoms with Gasteiger partial charge >= 0.3 is 6.09 Å². The highest BCUT2D eigenvalue weighted by Gasteiger charge is 2.30. The summed E-state index contributed by atoms with van der Waals surface area (Å²) in [6.07, 6.45) is 0.221. The van der Waals surface area contributed by atoms with Gasteiger partial charge in [0, 0.05) is 25.6 Å². The number of nitrogens with one attached hydrogen (secondary N) is 1. The Morgan fingerprint density at radius 2 is 1.77 bits per heavy atom. The van der Waals surface area contributed by atoms with Crippen LogP contribution in [0.2, 0.25) is 0 Å². The lowest BCUT2D eigenvalue weighted by Gasteiger charge is -2.29. The number of carbonyl (C=O) groups excluding carboxylic acids is 2. The molecule has 168 valence electrons. The van der Waals surface area contributed by atoms with Crippen molar-refractivity contribution in [1.82, 2.24) is 14.7 Å². The highest BCUT2D eigenvalue weighted by Crippen LogP contribution is 2.27. The normalized spacial score (nSPS) is 13.4. The van der Waals surface area contributed by atoms with E-state index < -0.39 is 5.60 Å². The Balaban J connectivity index is 1.61. The maximum atomic E-state index is 12.5. The largest absolute Gasteiger partial charge is 0.494 e. The fourth-order valence-electron chi connectivity index (χ4n) is 3.26. The minimum absolute atomic E-state index is 0.149. The van der Waals surface area contributed by atoms with Crippen molar-refractivity contribution >= 4 is 17.8 Å². The lowest BCUT2D eigenvalue weighted by molar-refractivity contribution is -0.118. The Morgan fingerprint density at radius 3 is 2.39 bits per heavy atom. The summed E-state index contributed by atoms with van der Waals surface area (Å²) in [6, 6.07) is 7.09. The summed E-state index contributed by atoms with van der Waals surface area (Å²) in [6.45, 7) is 8.70. The SMILES string of the molecule is CCOc1ccc(OCC(=O)Nc2c3c(nn2C)CCN(C(=O)OC(C)(C)C)C3)cc1. The number of hydrogen-bond acceptors (Lipinski definition) is 6. The standard InChI is InChI=1S/C22H30N4O5/c1-6-29-15-7-9-16(10-8-15)30-14-19(27)23-20-17-13-26(21(28)31-22(2,3)4)12-11-18(17)24-25(20)5/h7-10H,6,11-14H2,1-5H3,(H,23,27). The van der Waals surface area contributed by atoms with Gasteiger partial charge in [0.1, 0.15) is 22.9 Å². The van der Waals surface area contributed by atoms with E-state index >= 15 is 0 Å². The van der Waals surface area contributed by atoms with E-state index in [1.54, 1.807) is 40.9 Å². The maximum Gasteiger partial charge on any atom is 0.410 e. The number of carbonyl (C=O) groups is 2. The molecule has 0 saturated carbocycles. The quantitative estimate of drug-likeness (QED) is 0.757. The number of amides is 2. The van der Waals surface area contributed by atoms with Crippen LogP contribution in [0, 0.1) is 0 Å². The molecule has 31 heavy (non-hydrogen) atoms. The molecule has 0 atom stereocenters. The number of hydrogen-bond donors (Lipinski definition) is 1. The summed E-state index contributed by atoms with van der Waals surface area (Å²) in [7, 11) is 1.76. The molecule has 1 aromatic heterocycles. The topological polar surface area (TPSA) is 94.9 Å². The molecule has 0 bridgehead atoms. The van der Waals surface area contributed by atoms with Crippen molar-refractivity contribution in [2.45, 2.75) is 46.3 Å². The molecule has 1 aromatic carbocycles. The number of rotatable bonds is 6. The molecule has 9 nitrogen and oxygen atoms in total. The van der Waals surface area contributed by atoms with Crippen molar-refractivity contribution < 1.29 is 23.8 Å². The third kappa shape index (κ3) is 5.90. The molecule has 0 aliphatic carbocycles. The van der Waals surface area contributed by atoms with Crippen LogP contribution in [0.1, 0.15) is 39.0 Å². The molecule has 2 heterocycles. The Morgan fingerprint density at radius 1 is 1.13 bits per heavy atom. The second kappa shape index (κ2) is 9.28. The summed E-state index contributed by atoms with van der Waals surface area (Å²) in [5.74, 6) is 1.56. The van der Waals surface area contributed by atoms with Gasteiger partial charge < -0.3 is 24.4 Å². The van der Waals surface area contributed by atoms with Gasteiger partial charge in [-0.2, -0.15) is 5.10 Å². The van der Waals surface area contributed by atoms with Gasteiger partial charge in [0.2, 0.25) is 0 Å². The molecular weight excluding hydrogens is 400 g/mol. The van der Waals surface area contributed by atoms with Crippen LogP contribution in [0.4, 0.5) is 10.6 Å². The molecule has 1 N–H and O–H groups in total. The molecule has 0 saturated heterocycles. The molecule has 1 aliphatic rings. The minimum Gasteiger partial charge on any atom is -0.494 e. The lowest BCUT2D eigenvalue weighted by Crippen LogP contribution is -2.40. The molecule has 0 unspecified atom stereocenters. The zero-order chi connectivity index (χ0) is 22.6. The molecule has 1 aliphatic heterocycles. The first-order valence-corrected chi connectivity index (χ1v) is 10.3. The third-order valence-corrected chi connectivity index (χ3v) is 4.61. The zero-order valence-electron chi connectivity index (χ0n) is 18.7. The Kier molecular flexibility index (Phi) is 6.72. The number of fused-ring (bicyclic) bond motifs is 1. The minimum atomic E-state index is -0.568. The first kappa shape index (κ1) is 22.5. The molecule has 9 heteroatoms. The molecule has 0 spiro atoms. The van der Waals surface area contributed by atoms with E-state index in [2.05, 4.69) is 10.4 Å². The fraction of sp³-hybridized carbons (Fsp3) is 0.500. The van der Waals surface area contributed by atoms with E-state index in [-0.39, 0.29) is 18.6 Å². The van der Waals surface area contributed by atoms with Crippen LogP contribution >= 0.6 is 0 Å². The average Bonchev–Trinajstić information content (AvgIpc) is 3.01. The number of aryl methyl sites for hydroxylation is 1. The average molecular weight is 431 g/mol. The van der Waals surface area contributed by atoms with Gasteiger partial charge in [-0.15, -0.1) is 0 Å². The van der Waals surface area contributed by atoms with Gasteiger partial charge in [0.05, 0.1) is 18.8 Å². The summed E-state index contributed by atoms with van der Waals surface area (Å²) >= 11 is 0. The Hall–Kier alpha value is -3.23. The summed E-state index contributed by atoms with van der Waals surface area (Å²) in [5.41, 5.74) is 1.11. The molecule has 0 radical (unpaired) electrons. The first-order valence-electron chi connectivity index (χ1n) is 10.3. The van der Waals surface area contributed by atoms with Crippen molar-refractivity contribution in [2.24, 2.45) is 7.05 Å². The van der Waals surface area contributed by atoms with Crippen LogP contribution in [0.15, 0.2) is 24.3 Å². The summed E-state index contributed by atoms with van der Waals surface area (Å²) in [5, 5.41) is 7.35. The smallest absolute Gasteiger partial charge is 0.410 e. The van der Waals surface area contributed by atoms with Crippen LogP contribution in [0.5, 0.6) is 11.5 Å². The second-order valence-electron chi connectivity index (χ2n) is 8.29. The van der Waals surface area contributed by atoms with E-state index in [0.717, 1.165) is 17.0 Å². The van der Waals surface area contributed by atoms with Gasteiger partial charge in [-0.1, -0.05) is 0 Å². The molecule has 0 fully saturated rings. The third-order valence-electron chi connectivity index (χ3n) is 4.61. The van der Waals surface area contributed by atoms with Crippen LogP contribution in [-0.4, -0.2) is 52.0 Å². The number of anilines is 1. The first-order chi connectivity index (χ1) is 14.7. The van der Waals surface area contributed by atoms with E-state index in [4.69, 9.17) is 14.2 Å². The van der Waals surface area contributed by atoms with Gasteiger partial charge in [-0.25, -0.2) is 4.79 Å². The maximum absolute atomic E-state index is 12.5.